The van der Waals surface area contributed by atoms with Crippen LogP contribution in [0.2, 0.25) is 10.3 Å². The minimum absolute atomic E-state index is 0.00768. The van der Waals surface area contributed by atoms with E-state index in [4.69, 9.17) is 27.9 Å². The molecule has 6 nitrogen and oxygen atoms in total. The number of nitrogens with zero attached hydrogens (tertiary/aromatic N) is 3. The van der Waals surface area contributed by atoms with Crippen molar-refractivity contribution >= 4 is 34.9 Å². The van der Waals surface area contributed by atoms with Crippen LogP contribution in [-0.4, -0.2) is 52.4 Å². The lowest BCUT2D eigenvalue weighted by Crippen LogP contribution is -2.51. The Morgan fingerprint density at radius 2 is 1.87 bits per heavy atom. The number of aromatic nitrogens is 2. The number of carbonyl (C=O) groups excluding carboxylic acids is 1. The number of ether oxygens (including phenoxy) is 1. The standard InChI is InChI=1S/C24H24Cl2F6N4O2/c1-4-35(22(37)34-18(24(30,31)32)8-9-23(27,28)29)13(2)14-6-5-7-15(10-14)16-11-17(38-3)21-33-12-19(25)36(21)20(16)26/h5-7,10-13,18H,4,8-9H2,1-3H3,(H,34,37)/t13-,18?/m1/s1. The Hall–Kier alpha value is -2.86. The number of hydrogen-bond donors (Lipinski definition) is 1. The van der Waals surface area contributed by atoms with E-state index in [-0.39, 0.29) is 16.9 Å². The molecular weight excluding hydrogens is 561 g/mol. The highest BCUT2D eigenvalue weighted by molar-refractivity contribution is 6.34. The van der Waals surface area contributed by atoms with Crippen LogP contribution in [0.1, 0.15) is 38.3 Å². The molecular formula is C24H24Cl2F6N4O2. The van der Waals surface area contributed by atoms with Crippen LogP contribution >= 0.6 is 23.2 Å². The number of alkyl halides is 6. The Morgan fingerprint density at radius 1 is 1.18 bits per heavy atom. The molecule has 1 N–H and O–H groups in total. The van der Waals surface area contributed by atoms with E-state index in [1.807, 2.05) is 0 Å². The van der Waals surface area contributed by atoms with Crippen molar-refractivity contribution in [3.05, 3.63) is 52.4 Å². The molecule has 1 unspecified atom stereocenters. The topological polar surface area (TPSA) is 58.9 Å². The van der Waals surface area contributed by atoms with E-state index in [1.54, 1.807) is 49.5 Å². The van der Waals surface area contributed by atoms with Crippen LogP contribution in [0.5, 0.6) is 5.75 Å². The number of pyridine rings is 1. The molecule has 0 aliphatic carbocycles. The third-order valence-corrected chi connectivity index (χ3v) is 6.65. The van der Waals surface area contributed by atoms with Crippen molar-refractivity contribution in [1.82, 2.24) is 19.6 Å². The second-order valence-electron chi connectivity index (χ2n) is 8.44. The SMILES string of the molecule is CCN(C(=O)NC(CCC(F)(F)F)C(F)(F)F)[C@H](C)c1cccc(-c2cc(OC)c3ncc(Cl)n3c2Cl)c1. The van der Waals surface area contributed by atoms with Crippen molar-refractivity contribution in [3.8, 4) is 16.9 Å². The zero-order chi connectivity index (χ0) is 28.4. The number of urea groups is 1. The van der Waals surface area contributed by atoms with Crippen LogP contribution in [-0.2, 0) is 0 Å². The van der Waals surface area contributed by atoms with Crippen molar-refractivity contribution in [2.24, 2.45) is 0 Å². The van der Waals surface area contributed by atoms with Crippen molar-refractivity contribution in [1.29, 1.82) is 0 Å². The fourth-order valence-electron chi connectivity index (χ4n) is 4.02. The average molecular weight is 585 g/mol. The van der Waals surface area contributed by atoms with Gasteiger partial charge in [0.2, 0.25) is 0 Å². The second-order valence-corrected chi connectivity index (χ2v) is 9.19. The van der Waals surface area contributed by atoms with E-state index in [1.165, 1.54) is 17.7 Å². The van der Waals surface area contributed by atoms with E-state index < -0.39 is 43.3 Å². The summed E-state index contributed by atoms with van der Waals surface area (Å²) in [7, 11) is 1.45. The number of hydrogen-bond acceptors (Lipinski definition) is 3. The van der Waals surface area contributed by atoms with Gasteiger partial charge in [0.1, 0.15) is 16.3 Å². The van der Waals surface area contributed by atoms with Gasteiger partial charge in [0.05, 0.1) is 19.3 Å². The highest BCUT2D eigenvalue weighted by Crippen LogP contribution is 2.37. The lowest BCUT2D eigenvalue weighted by atomic mass is 10.00. The molecule has 0 bridgehead atoms. The molecule has 0 saturated heterocycles. The fraction of sp³-hybridized carbons (Fsp3) is 0.417. The number of nitrogens with one attached hydrogen (secondary N) is 1. The van der Waals surface area contributed by atoms with Crippen LogP contribution in [0, 0.1) is 0 Å². The molecule has 0 aliphatic rings. The lowest BCUT2D eigenvalue weighted by molar-refractivity contribution is -0.171. The highest BCUT2D eigenvalue weighted by atomic mass is 35.5. The molecule has 0 radical (unpaired) electrons. The normalized spacial score (nSPS) is 13.9. The third kappa shape index (κ3) is 6.58. The first-order valence-electron chi connectivity index (χ1n) is 11.4. The van der Waals surface area contributed by atoms with Crippen molar-refractivity contribution in [2.45, 2.75) is 51.1 Å². The lowest BCUT2D eigenvalue weighted by Gasteiger charge is -2.31. The van der Waals surface area contributed by atoms with Gasteiger partial charge in [-0.15, -0.1) is 0 Å². The van der Waals surface area contributed by atoms with Gasteiger partial charge in [0.25, 0.3) is 0 Å². The monoisotopic (exact) mass is 584 g/mol. The Bertz CT molecular complexity index is 1300. The minimum atomic E-state index is -5.05. The molecule has 14 heteroatoms. The van der Waals surface area contributed by atoms with Gasteiger partial charge >= 0.3 is 18.4 Å². The molecule has 1 aromatic carbocycles. The van der Waals surface area contributed by atoms with Gasteiger partial charge in [-0.3, -0.25) is 4.40 Å². The highest BCUT2D eigenvalue weighted by Gasteiger charge is 2.43. The molecule has 0 fully saturated rings. The maximum Gasteiger partial charge on any atom is 0.408 e. The number of carbonyl (C=O) groups is 1. The van der Waals surface area contributed by atoms with Crippen LogP contribution in [0.15, 0.2) is 36.5 Å². The first-order valence-corrected chi connectivity index (χ1v) is 12.1. The number of benzene rings is 1. The summed E-state index contributed by atoms with van der Waals surface area (Å²) in [5, 5.41) is 2.20. The van der Waals surface area contributed by atoms with E-state index in [2.05, 4.69) is 4.98 Å². The molecule has 2 amide bonds. The molecule has 38 heavy (non-hydrogen) atoms. The Morgan fingerprint density at radius 3 is 2.45 bits per heavy atom. The van der Waals surface area contributed by atoms with E-state index in [0.717, 1.165) is 4.90 Å². The Labute approximate surface area is 224 Å². The number of methoxy groups -OCH3 is 1. The second kappa shape index (κ2) is 11.5. The first-order chi connectivity index (χ1) is 17.7. The number of halogens is 8. The summed E-state index contributed by atoms with van der Waals surface area (Å²) in [6.07, 6.45) is -11.4. The molecule has 3 aromatic rings. The van der Waals surface area contributed by atoms with Gasteiger partial charge in [0.15, 0.2) is 11.4 Å². The Kier molecular flexibility index (Phi) is 8.97. The minimum Gasteiger partial charge on any atom is -0.493 e. The summed E-state index contributed by atoms with van der Waals surface area (Å²) >= 11 is 12.8. The predicted molar refractivity (Wildman–Crippen MR) is 132 cm³/mol. The third-order valence-electron chi connectivity index (χ3n) is 6.01. The van der Waals surface area contributed by atoms with E-state index in [0.29, 0.717) is 28.1 Å². The van der Waals surface area contributed by atoms with E-state index in [9.17, 15) is 31.1 Å². The van der Waals surface area contributed by atoms with Crippen molar-refractivity contribution in [3.63, 3.8) is 0 Å². The summed E-state index contributed by atoms with van der Waals surface area (Å²) in [5.74, 6) is 0.390. The summed E-state index contributed by atoms with van der Waals surface area (Å²) < 4.78 is 84.6. The molecule has 0 spiro atoms. The fourth-order valence-corrected chi connectivity index (χ4v) is 4.61. The quantitative estimate of drug-likeness (QED) is 0.218. The number of rotatable bonds is 8. The molecule has 2 heterocycles. The van der Waals surface area contributed by atoms with Crippen molar-refractivity contribution in [2.75, 3.05) is 13.7 Å². The van der Waals surface area contributed by atoms with Gasteiger partial charge in [0, 0.05) is 18.5 Å². The maximum atomic E-state index is 13.4. The van der Waals surface area contributed by atoms with Gasteiger partial charge in [-0.05, 0) is 43.5 Å². The summed E-state index contributed by atoms with van der Waals surface area (Å²) in [4.78, 5) is 18.1. The average Bonchev–Trinajstić information content (AvgIpc) is 3.23. The molecule has 208 valence electrons. The number of amides is 2. The Balaban J connectivity index is 1.91. The number of imidazole rings is 1. The summed E-state index contributed by atoms with van der Waals surface area (Å²) in [6, 6.07) is 3.91. The van der Waals surface area contributed by atoms with Crippen LogP contribution in [0.25, 0.3) is 16.8 Å². The maximum absolute atomic E-state index is 13.4. The summed E-state index contributed by atoms with van der Waals surface area (Å²) in [5.41, 5.74) is 2.06. The van der Waals surface area contributed by atoms with Gasteiger partial charge in [-0.1, -0.05) is 41.4 Å². The van der Waals surface area contributed by atoms with Crippen LogP contribution in [0.3, 0.4) is 0 Å². The largest absolute Gasteiger partial charge is 0.493 e. The zero-order valence-corrected chi connectivity index (χ0v) is 21.9. The number of fused-ring (bicyclic) bond motifs is 1. The van der Waals surface area contributed by atoms with Crippen LogP contribution in [0.4, 0.5) is 31.1 Å². The van der Waals surface area contributed by atoms with Gasteiger partial charge in [-0.2, -0.15) is 26.3 Å². The summed E-state index contributed by atoms with van der Waals surface area (Å²) in [6.45, 7) is 3.14. The smallest absolute Gasteiger partial charge is 0.408 e. The molecule has 0 aliphatic heterocycles. The van der Waals surface area contributed by atoms with Crippen molar-refractivity contribution < 1.29 is 35.9 Å². The van der Waals surface area contributed by atoms with Gasteiger partial charge in [-0.25, -0.2) is 9.78 Å². The van der Waals surface area contributed by atoms with E-state index >= 15 is 0 Å². The molecule has 2 aromatic heterocycles. The van der Waals surface area contributed by atoms with Crippen LogP contribution < -0.4 is 10.1 Å². The van der Waals surface area contributed by atoms with Gasteiger partial charge < -0.3 is 15.0 Å². The molecule has 0 saturated carbocycles. The first kappa shape index (κ1) is 29.7. The predicted octanol–water partition coefficient (Wildman–Crippen LogP) is 7.68. The zero-order valence-electron chi connectivity index (χ0n) is 20.4. The molecule has 2 atom stereocenters. The molecule has 3 rings (SSSR count).